The van der Waals surface area contributed by atoms with E-state index in [0.29, 0.717) is 11.5 Å². The molecule has 0 bridgehead atoms. The average Bonchev–Trinajstić information content (AvgIpc) is 3.25. The van der Waals surface area contributed by atoms with Crippen LogP contribution in [0.5, 0.6) is 0 Å². The topological polar surface area (TPSA) is 79.7 Å². The van der Waals surface area contributed by atoms with Gasteiger partial charge in [-0.25, -0.2) is 4.98 Å². The SMILES string of the molecule is O=C(O)CN(Cc1ccccc1)C(=O)c1cnc(C2CCCO2)s1. The molecular formula is C17H18N2O4S. The molecule has 1 aliphatic rings. The lowest BCUT2D eigenvalue weighted by molar-refractivity contribution is -0.137. The summed E-state index contributed by atoms with van der Waals surface area (Å²) in [5.41, 5.74) is 0.885. The van der Waals surface area contributed by atoms with Crippen LogP contribution in [0.25, 0.3) is 0 Å². The fourth-order valence-corrected chi connectivity index (χ4v) is 3.60. The van der Waals surface area contributed by atoms with E-state index in [1.54, 1.807) is 0 Å². The first-order valence-corrected chi connectivity index (χ1v) is 8.57. The van der Waals surface area contributed by atoms with E-state index < -0.39 is 5.97 Å². The first kappa shape index (κ1) is 16.6. The minimum Gasteiger partial charge on any atom is -0.480 e. The van der Waals surface area contributed by atoms with Gasteiger partial charge in [-0.05, 0) is 18.4 Å². The summed E-state index contributed by atoms with van der Waals surface area (Å²) in [7, 11) is 0. The second-order valence-corrected chi connectivity index (χ2v) is 6.67. The number of hydrogen-bond acceptors (Lipinski definition) is 5. The van der Waals surface area contributed by atoms with E-state index in [1.165, 1.54) is 22.4 Å². The lowest BCUT2D eigenvalue weighted by Crippen LogP contribution is -2.34. The van der Waals surface area contributed by atoms with Gasteiger partial charge in [-0.1, -0.05) is 30.3 Å². The van der Waals surface area contributed by atoms with Crippen molar-refractivity contribution in [1.82, 2.24) is 9.88 Å². The maximum atomic E-state index is 12.7. The molecule has 2 heterocycles. The Morgan fingerprint density at radius 1 is 1.33 bits per heavy atom. The van der Waals surface area contributed by atoms with Gasteiger partial charge in [0.15, 0.2) is 0 Å². The molecule has 0 spiro atoms. The summed E-state index contributed by atoms with van der Waals surface area (Å²) in [6.45, 7) is 0.618. The summed E-state index contributed by atoms with van der Waals surface area (Å²) in [6.07, 6.45) is 3.37. The van der Waals surface area contributed by atoms with Crippen LogP contribution >= 0.6 is 11.3 Å². The van der Waals surface area contributed by atoms with Gasteiger partial charge >= 0.3 is 5.97 Å². The average molecular weight is 346 g/mol. The van der Waals surface area contributed by atoms with Crippen molar-refractivity contribution in [3.05, 3.63) is 52.0 Å². The molecule has 1 atom stereocenters. The Hall–Kier alpha value is -2.25. The van der Waals surface area contributed by atoms with Crippen LogP contribution in [-0.4, -0.2) is 40.0 Å². The van der Waals surface area contributed by atoms with Crippen molar-refractivity contribution in [2.45, 2.75) is 25.5 Å². The van der Waals surface area contributed by atoms with Crippen LogP contribution in [0.2, 0.25) is 0 Å². The van der Waals surface area contributed by atoms with Gasteiger partial charge in [0.2, 0.25) is 0 Å². The van der Waals surface area contributed by atoms with E-state index in [2.05, 4.69) is 4.98 Å². The minimum absolute atomic E-state index is 0.0430. The van der Waals surface area contributed by atoms with E-state index >= 15 is 0 Å². The highest BCUT2D eigenvalue weighted by molar-refractivity contribution is 7.13. The third kappa shape index (κ3) is 3.98. The van der Waals surface area contributed by atoms with E-state index in [-0.39, 0.29) is 25.1 Å². The lowest BCUT2D eigenvalue weighted by Gasteiger charge is -2.20. The molecular weight excluding hydrogens is 328 g/mol. The van der Waals surface area contributed by atoms with E-state index in [4.69, 9.17) is 9.84 Å². The Labute approximate surface area is 143 Å². The Morgan fingerprint density at radius 3 is 2.79 bits per heavy atom. The van der Waals surface area contributed by atoms with Gasteiger partial charge < -0.3 is 14.7 Å². The van der Waals surface area contributed by atoms with Gasteiger partial charge in [0, 0.05) is 13.2 Å². The first-order valence-electron chi connectivity index (χ1n) is 7.76. The standard InChI is InChI=1S/C17H18N2O4S/c20-15(21)11-19(10-12-5-2-1-3-6-12)17(22)14-9-18-16(24-14)13-7-4-8-23-13/h1-3,5-6,9,13H,4,7-8,10-11H2,(H,20,21). The highest BCUT2D eigenvalue weighted by Gasteiger charge is 2.25. The highest BCUT2D eigenvalue weighted by Crippen LogP contribution is 2.31. The van der Waals surface area contributed by atoms with Crippen LogP contribution in [0.3, 0.4) is 0 Å². The van der Waals surface area contributed by atoms with Crippen LogP contribution in [-0.2, 0) is 16.1 Å². The summed E-state index contributed by atoms with van der Waals surface area (Å²) in [4.78, 5) is 29.9. The molecule has 24 heavy (non-hydrogen) atoms. The second kappa shape index (κ2) is 7.55. The van der Waals surface area contributed by atoms with E-state index in [9.17, 15) is 9.59 Å². The Balaban J connectivity index is 1.76. The molecule has 0 saturated carbocycles. The van der Waals surface area contributed by atoms with Crippen LogP contribution in [0.1, 0.15) is 39.2 Å². The normalized spacial score (nSPS) is 16.9. The third-order valence-corrected chi connectivity index (χ3v) is 4.85. The number of amides is 1. The maximum absolute atomic E-state index is 12.7. The molecule has 1 fully saturated rings. The highest BCUT2D eigenvalue weighted by atomic mass is 32.1. The number of aliphatic carboxylic acids is 1. The van der Waals surface area contributed by atoms with Crippen molar-refractivity contribution >= 4 is 23.2 Å². The molecule has 2 aromatic rings. The van der Waals surface area contributed by atoms with Crippen LogP contribution in [0.4, 0.5) is 0 Å². The van der Waals surface area contributed by atoms with Gasteiger partial charge in [-0.2, -0.15) is 0 Å². The van der Waals surface area contributed by atoms with Crippen molar-refractivity contribution in [1.29, 1.82) is 0 Å². The van der Waals surface area contributed by atoms with Gasteiger partial charge in [-0.15, -0.1) is 11.3 Å². The zero-order valence-electron chi connectivity index (χ0n) is 13.1. The molecule has 7 heteroatoms. The number of nitrogens with zero attached hydrogens (tertiary/aromatic N) is 2. The summed E-state index contributed by atoms with van der Waals surface area (Å²) in [6, 6.07) is 9.34. The second-order valence-electron chi connectivity index (χ2n) is 5.60. The van der Waals surface area contributed by atoms with Crippen LogP contribution in [0.15, 0.2) is 36.5 Å². The molecule has 126 valence electrons. The molecule has 1 amide bonds. The predicted octanol–water partition coefficient (Wildman–Crippen LogP) is 2.72. The molecule has 0 radical (unpaired) electrons. The first-order chi connectivity index (χ1) is 11.6. The number of benzene rings is 1. The molecule has 1 aliphatic heterocycles. The molecule has 6 nitrogen and oxygen atoms in total. The van der Waals surface area contributed by atoms with Crippen molar-refractivity contribution in [2.24, 2.45) is 0 Å². The fourth-order valence-electron chi connectivity index (χ4n) is 2.63. The maximum Gasteiger partial charge on any atom is 0.323 e. The minimum atomic E-state index is -1.04. The van der Waals surface area contributed by atoms with E-state index in [1.807, 2.05) is 30.3 Å². The zero-order valence-corrected chi connectivity index (χ0v) is 13.9. The Bertz CT molecular complexity index is 710. The molecule has 1 saturated heterocycles. The number of hydrogen-bond donors (Lipinski definition) is 1. The molecule has 0 aliphatic carbocycles. The number of carboxylic acid groups (broad SMARTS) is 1. The predicted molar refractivity (Wildman–Crippen MR) is 88.9 cm³/mol. The van der Waals surface area contributed by atoms with Crippen LogP contribution < -0.4 is 0 Å². The summed E-state index contributed by atoms with van der Waals surface area (Å²) in [5.74, 6) is -1.36. The molecule has 1 N–H and O–H groups in total. The largest absolute Gasteiger partial charge is 0.480 e. The quantitative estimate of drug-likeness (QED) is 0.870. The number of aromatic nitrogens is 1. The van der Waals surface area contributed by atoms with Gasteiger partial charge in [0.05, 0.1) is 6.20 Å². The van der Waals surface area contributed by atoms with Crippen molar-refractivity contribution in [2.75, 3.05) is 13.2 Å². The number of ether oxygens (including phenoxy) is 1. The van der Waals surface area contributed by atoms with Crippen molar-refractivity contribution in [3.8, 4) is 0 Å². The summed E-state index contributed by atoms with van der Waals surface area (Å²) in [5, 5.41) is 9.89. The van der Waals surface area contributed by atoms with Crippen LogP contribution in [0, 0.1) is 0 Å². The number of carbonyl (C=O) groups excluding carboxylic acids is 1. The molecule has 1 aromatic carbocycles. The van der Waals surface area contributed by atoms with Crippen molar-refractivity contribution in [3.63, 3.8) is 0 Å². The Morgan fingerprint density at radius 2 is 2.12 bits per heavy atom. The van der Waals surface area contributed by atoms with Gasteiger partial charge in [0.1, 0.15) is 22.5 Å². The van der Waals surface area contributed by atoms with Gasteiger partial charge in [-0.3, -0.25) is 9.59 Å². The third-order valence-electron chi connectivity index (χ3n) is 3.77. The Kier molecular flexibility index (Phi) is 5.22. The van der Waals surface area contributed by atoms with E-state index in [0.717, 1.165) is 23.4 Å². The summed E-state index contributed by atoms with van der Waals surface area (Å²) < 4.78 is 5.58. The monoisotopic (exact) mass is 346 g/mol. The zero-order chi connectivity index (χ0) is 16.9. The molecule has 1 aromatic heterocycles. The summed E-state index contributed by atoms with van der Waals surface area (Å²) >= 11 is 1.28. The van der Waals surface area contributed by atoms with Gasteiger partial charge in [0.25, 0.3) is 5.91 Å². The fraction of sp³-hybridized carbons (Fsp3) is 0.353. The lowest BCUT2D eigenvalue weighted by atomic mass is 10.2. The number of thiazole rings is 1. The number of carbonyl (C=O) groups is 2. The van der Waals surface area contributed by atoms with Crippen molar-refractivity contribution < 1.29 is 19.4 Å². The molecule has 3 rings (SSSR count). The number of carboxylic acids is 1. The number of rotatable bonds is 6. The molecule has 1 unspecified atom stereocenters. The smallest absolute Gasteiger partial charge is 0.323 e.